The van der Waals surface area contributed by atoms with Crippen LogP contribution in [0.25, 0.3) is 20.5 Å². The maximum Gasteiger partial charge on any atom is 0.118 e. The SMILES string of the molecule is COc1ccc(-c2c(Br)sc3cc(Br)sc23)cc1. The smallest absolute Gasteiger partial charge is 0.118 e. The van der Waals surface area contributed by atoms with Crippen molar-refractivity contribution in [2.24, 2.45) is 0 Å². The number of halogens is 2. The summed E-state index contributed by atoms with van der Waals surface area (Å²) in [5, 5.41) is 0. The summed E-state index contributed by atoms with van der Waals surface area (Å²) < 4.78 is 10.2. The number of ether oxygens (including phenoxy) is 1. The molecule has 0 radical (unpaired) electrons. The van der Waals surface area contributed by atoms with Gasteiger partial charge < -0.3 is 4.74 Å². The minimum absolute atomic E-state index is 0.883. The van der Waals surface area contributed by atoms with Gasteiger partial charge >= 0.3 is 0 Å². The van der Waals surface area contributed by atoms with Crippen molar-refractivity contribution >= 4 is 63.9 Å². The Morgan fingerprint density at radius 2 is 1.78 bits per heavy atom. The lowest BCUT2D eigenvalue weighted by Gasteiger charge is -2.02. The van der Waals surface area contributed by atoms with E-state index < -0.39 is 0 Å². The summed E-state index contributed by atoms with van der Waals surface area (Å²) in [5.74, 6) is 0.883. The first-order valence-corrected chi connectivity index (χ1v) is 8.42. The summed E-state index contributed by atoms with van der Waals surface area (Å²) in [4.78, 5) is 0. The molecule has 0 aliphatic carbocycles. The minimum Gasteiger partial charge on any atom is -0.497 e. The highest BCUT2D eigenvalue weighted by molar-refractivity contribution is 9.11. The number of benzene rings is 1. The fourth-order valence-corrected chi connectivity index (χ4v) is 5.91. The summed E-state index contributed by atoms with van der Waals surface area (Å²) >= 11 is 10.8. The van der Waals surface area contributed by atoms with Crippen molar-refractivity contribution in [3.05, 3.63) is 37.9 Å². The number of thiophene rings is 2. The number of hydrogen-bond acceptors (Lipinski definition) is 3. The molecule has 0 saturated carbocycles. The van der Waals surface area contributed by atoms with Gasteiger partial charge in [-0.1, -0.05) is 12.1 Å². The Morgan fingerprint density at radius 3 is 2.44 bits per heavy atom. The summed E-state index contributed by atoms with van der Waals surface area (Å²) in [6, 6.07) is 10.3. The molecule has 0 N–H and O–H groups in total. The zero-order chi connectivity index (χ0) is 12.7. The first-order chi connectivity index (χ1) is 8.69. The maximum atomic E-state index is 5.19. The molecule has 5 heteroatoms. The highest BCUT2D eigenvalue weighted by Gasteiger charge is 2.14. The molecule has 2 heterocycles. The number of rotatable bonds is 2. The molecule has 0 bridgehead atoms. The van der Waals surface area contributed by atoms with Crippen LogP contribution < -0.4 is 4.74 Å². The Morgan fingerprint density at radius 1 is 1.06 bits per heavy atom. The summed E-state index contributed by atoms with van der Waals surface area (Å²) in [6.07, 6.45) is 0. The largest absolute Gasteiger partial charge is 0.497 e. The van der Waals surface area contributed by atoms with Crippen LogP contribution in [0.1, 0.15) is 0 Å². The highest BCUT2D eigenvalue weighted by Crippen LogP contribution is 2.47. The number of hydrogen-bond donors (Lipinski definition) is 0. The zero-order valence-electron chi connectivity index (χ0n) is 9.37. The van der Waals surface area contributed by atoms with Crippen molar-refractivity contribution in [2.75, 3.05) is 7.11 Å². The van der Waals surface area contributed by atoms with Crippen LogP contribution in [-0.4, -0.2) is 7.11 Å². The molecule has 0 amide bonds. The van der Waals surface area contributed by atoms with E-state index in [1.165, 1.54) is 28.1 Å². The molecule has 0 unspecified atom stereocenters. The van der Waals surface area contributed by atoms with Crippen molar-refractivity contribution in [2.45, 2.75) is 0 Å². The molecule has 18 heavy (non-hydrogen) atoms. The molecule has 1 aromatic carbocycles. The van der Waals surface area contributed by atoms with Gasteiger partial charge in [0.1, 0.15) is 5.75 Å². The van der Waals surface area contributed by atoms with Crippen LogP contribution in [0.2, 0.25) is 0 Å². The van der Waals surface area contributed by atoms with E-state index in [1.54, 1.807) is 29.8 Å². The van der Waals surface area contributed by atoms with E-state index in [0.29, 0.717) is 0 Å². The van der Waals surface area contributed by atoms with Gasteiger partial charge in [-0.25, -0.2) is 0 Å². The average Bonchev–Trinajstić information content (AvgIpc) is 2.84. The Bertz CT molecular complexity index is 698. The molecular weight excluding hydrogens is 396 g/mol. The highest BCUT2D eigenvalue weighted by atomic mass is 79.9. The van der Waals surface area contributed by atoms with E-state index in [0.717, 1.165) is 5.75 Å². The molecule has 92 valence electrons. The van der Waals surface area contributed by atoms with Gasteiger partial charge in [0.05, 0.1) is 19.4 Å². The van der Waals surface area contributed by atoms with Gasteiger partial charge in [-0.05, 0) is 55.6 Å². The number of methoxy groups -OCH3 is 1. The van der Waals surface area contributed by atoms with E-state index in [9.17, 15) is 0 Å². The Hall–Kier alpha value is -0.360. The maximum absolute atomic E-state index is 5.19. The molecule has 1 nitrogen and oxygen atoms in total. The second-order valence-electron chi connectivity index (χ2n) is 3.72. The van der Waals surface area contributed by atoms with Gasteiger partial charge in [-0.15, -0.1) is 22.7 Å². The van der Waals surface area contributed by atoms with Crippen molar-refractivity contribution in [3.8, 4) is 16.9 Å². The van der Waals surface area contributed by atoms with Crippen LogP contribution >= 0.6 is 54.5 Å². The number of fused-ring (bicyclic) bond motifs is 1. The van der Waals surface area contributed by atoms with Gasteiger partial charge in [-0.3, -0.25) is 0 Å². The Balaban J connectivity index is 2.19. The van der Waals surface area contributed by atoms with E-state index in [2.05, 4.69) is 50.1 Å². The van der Waals surface area contributed by atoms with Crippen LogP contribution in [0, 0.1) is 0 Å². The lowest BCUT2D eigenvalue weighted by molar-refractivity contribution is 0.415. The Kier molecular flexibility index (Phi) is 3.49. The lowest BCUT2D eigenvalue weighted by atomic mass is 10.1. The fraction of sp³-hybridized carbons (Fsp3) is 0.0769. The van der Waals surface area contributed by atoms with Crippen LogP contribution in [0.15, 0.2) is 37.9 Å². The fourth-order valence-electron chi connectivity index (χ4n) is 1.84. The van der Waals surface area contributed by atoms with Crippen molar-refractivity contribution < 1.29 is 4.74 Å². The first-order valence-electron chi connectivity index (χ1n) is 5.21. The monoisotopic (exact) mass is 402 g/mol. The minimum atomic E-state index is 0.883. The van der Waals surface area contributed by atoms with Crippen molar-refractivity contribution in [1.82, 2.24) is 0 Å². The zero-order valence-corrected chi connectivity index (χ0v) is 14.2. The van der Waals surface area contributed by atoms with Gasteiger partial charge in [0.25, 0.3) is 0 Å². The predicted molar refractivity (Wildman–Crippen MR) is 87.1 cm³/mol. The second-order valence-corrected chi connectivity index (χ2v) is 8.52. The molecular formula is C13H8Br2OS2. The van der Waals surface area contributed by atoms with Crippen LogP contribution in [-0.2, 0) is 0 Å². The molecule has 3 rings (SSSR count). The summed E-state index contributed by atoms with van der Waals surface area (Å²) in [5.41, 5.74) is 2.48. The third-order valence-electron chi connectivity index (χ3n) is 2.67. The molecule has 0 fully saturated rings. The van der Waals surface area contributed by atoms with Crippen molar-refractivity contribution in [3.63, 3.8) is 0 Å². The lowest BCUT2D eigenvalue weighted by Crippen LogP contribution is -1.82. The topological polar surface area (TPSA) is 9.23 Å². The quantitative estimate of drug-likeness (QED) is 0.497. The molecule has 0 aliphatic rings. The predicted octanol–water partition coefficient (Wildman–Crippen LogP) is 6.16. The van der Waals surface area contributed by atoms with Crippen LogP contribution in [0.3, 0.4) is 0 Å². The van der Waals surface area contributed by atoms with E-state index in [1.807, 2.05) is 12.1 Å². The van der Waals surface area contributed by atoms with Crippen molar-refractivity contribution in [1.29, 1.82) is 0 Å². The third kappa shape index (κ3) is 2.13. The van der Waals surface area contributed by atoms with Gasteiger partial charge in [-0.2, -0.15) is 0 Å². The molecule has 0 saturated heterocycles. The molecule has 0 spiro atoms. The molecule has 0 atom stereocenters. The second kappa shape index (κ2) is 4.96. The van der Waals surface area contributed by atoms with E-state index in [4.69, 9.17) is 4.74 Å². The van der Waals surface area contributed by atoms with E-state index in [-0.39, 0.29) is 0 Å². The summed E-state index contributed by atoms with van der Waals surface area (Å²) in [7, 11) is 1.68. The van der Waals surface area contributed by atoms with Gasteiger partial charge in [0, 0.05) is 10.3 Å². The standard InChI is InChI=1S/C13H8Br2OS2/c1-16-8-4-2-7(3-5-8)11-12-9(17-13(11)15)6-10(14)18-12/h2-6H,1H3. The van der Waals surface area contributed by atoms with E-state index >= 15 is 0 Å². The first kappa shape index (κ1) is 12.7. The van der Waals surface area contributed by atoms with Gasteiger partial charge in [0.15, 0.2) is 0 Å². The van der Waals surface area contributed by atoms with Crippen LogP contribution in [0.5, 0.6) is 5.75 Å². The average molecular weight is 404 g/mol. The molecule has 3 aromatic rings. The summed E-state index contributed by atoms with van der Waals surface area (Å²) in [6.45, 7) is 0. The normalized spacial score (nSPS) is 11.1. The van der Waals surface area contributed by atoms with Gasteiger partial charge in [0.2, 0.25) is 0 Å². The third-order valence-corrected chi connectivity index (χ3v) is 6.26. The Labute approximate surface area is 130 Å². The molecule has 2 aromatic heterocycles. The molecule has 0 aliphatic heterocycles. The van der Waals surface area contributed by atoms with Crippen LogP contribution in [0.4, 0.5) is 0 Å².